The maximum absolute atomic E-state index is 12.1. The molecule has 0 aliphatic heterocycles. The monoisotopic (exact) mass is 398 g/mol. The standard InChI is InChI=1S/C20H22N4O3S/c1-3-14-8-6-7-13(2)18(14)21-19(28)23-22-17(25)11-12-24-15-9-4-5-10-16(15)27-20(24)26/h4-10H,3,11-12H2,1-2H3,(H,22,25)(H2,21,23,28). The normalized spacial score (nSPS) is 10.6. The SMILES string of the molecule is CCc1cccc(C)c1NC(=S)NNC(=O)CCn1c(=O)oc2ccccc21. The topological polar surface area (TPSA) is 88.3 Å². The van der Waals surface area contributed by atoms with Crippen LogP contribution in [0.3, 0.4) is 0 Å². The van der Waals surface area contributed by atoms with Gasteiger partial charge in [0.25, 0.3) is 0 Å². The number of carbonyl (C=O) groups excluding carboxylic acids is 1. The zero-order chi connectivity index (χ0) is 20.1. The second kappa shape index (κ2) is 8.71. The summed E-state index contributed by atoms with van der Waals surface area (Å²) in [5.74, 6) is -0.771. The van der Waals surface area contributed by atoms with Crippen LogP contribution in [0.1, 0.15) is 24.5 Å². The van der Waals surface area contributed by atoms with Crippen LogP contribution in [0.2, 0.25) is 0 Å². The Kier molecular flexibility index (Phi) is 6.10. The second-order valence-electron chi connectivity index (χ2n) is 6.33. The van der Waals surface area contributed by atoms with E-state index in [0.29, 0.717) is 16.2 Å². The van der Waals surface area contributed by atoms with Crippen molar-refractivity contribution in [1.82, 2.24) is 15.4 Å². The Morgan fingerprint density at radius 3 is 2.71 bits per heavy atom. The number of carbonyl (C=O) groups is 1. The molecular weight excluding hydrogens is 376 g/mol. The van der Waals surface area contributed by atoms with E-state index < -0.39 is 5.76 Å². The Morgan fingerprint density at radius 1 is 1.14 bits per heavy atom. The fourth-order valence-corrected chi connectivity index (χ4v) is 3.13. The van der Waals surface area contributed by atoms with E-state index in [2.05, 4.69) is 23.1 Å². The number of rotatable bonds is 5. The minimum absolute atomic E-state index is 0.101. The first-order valence-corrected chi connectivity index (χ1v) is 9.43. The third-order valence-electron chi connectivity index (χ3n) is 4.43. The molecule has 0 saturated heterocycles. The summed E-state index contributed by atoms with van der Waals surface area (Å²) in [6, 6.07) is 13.1. The van der Waals surface area contributed by atoms with Crippen LogP contribution in [0.15, 0.2) is 51.7 Å². The minimum atomic E-state index is -0.481. The number of oxazole rings is 1. The largest absolute Gasteiger partial charge is 0.419 e. The molecule has 0 aliphatic carbocycles. The molecule has 0 bridgehead atoms. The van der Waals surface area contributed by atoms with E-state index >= 15 is 0 Å². The molecule has 0 saturated carbocycles. The van der Waals surface area contributed by atoms with Crippen molar-refractivity contribution in [3.8, 4) is 0 Å². The van der Waals surface area contributed by atoms with E-state index in [9.17, 15) is 9.59 Å². The molecule has 8 heteroatoms. The third kappa shape index (κ3) is 4.40. The average Bonchev–Trinajstić information content (AvgIpc) is 3.01. The van der Waals surface area contributed by atoms with Crippen LogP contribution in [-0.4, -0.2) is 15.6 Å². The molecule has 0 fully saturated rings. The lowest BCUT2D eigenvalue weighted by atomic mass is 10.1. The third-order valence-corrected chi connectivity index (χ3v) is 4.63. The molecular formula is C20H22N4O3S. The number of hydrogen-bond donors (Lipinski definition) is 3. The number of aromatic nitrogens is 1. The van der Waals surface area contributed by atoms with E-state index in [-0.39, 0.29) is 18.9 Å². The Labute approximate surface area is 167 Å². The number of hydrazine groups is 1. The number of hydrogen-bond acceptors (Lipinski definition) is 4. The first kappa shape index (κ1) is 19.6. The maximum Gasteiger partial charge on any atom is 0.419 e. The minimum Gasteiger partial charge on any atom is -0.408 e. The number of anilines is 1. The lowest BCUT2D eigenvalue weighted by Gasteiger charge is -2.16. The molecule has 0 atom stereocenters. The van der Waals surface area contributed by atoms with Gasteiger partial charge in [0.2, 0.25) is 5.91 Å². The Morgan fingerprint density at radius 2 is 1.93 bits per heavy atom. The summed E-state index contributed by atoms with van der Waals surface area (Å²) in [6.07, 6.45) is 0.968. The van der Waals surface area contributed by atoms with Crippen LogP contribution in [0.4, 0.5) is 5.69 Å². The molecule has 0 unspecified atom stereocenters. The average molecular weight is 398 g/mol. The van der Waals surface area contributed by atoms with Gasteiger partial charge in [0.1, 0.15) is 0 Å². The second-order valence-corrected chi connectivity index (χ2v) is 6.74. The summed E-state index contributed by atoms with van der Waals surface area (Å²) >= 11 is 5.26. The molecule has 146 valence electrons. The molecule has 0 spiro atoms. The Balaban J connectivity index is 1.54. The summed E-state index contributed by atoms with van der Waals surface area (Å²) in [5, 5.41) is 3.42. The van der Waals surface area contributed by atoms with E-state index in [0.717, 1.165) is 23.2 Å². The van der Waals surface area contributed by atoms with E-state index in [1.165, 1.54) is 4.57 Å². The Hall–Kier alpha value is -3.13. The van der Waals surface area contributed by atoms with Crippen LogP contribution in [0.5, 0.6) is 0 Å². The summed E-state index contributed by atoms with van der Waals surface area (Å²) in [6.45, 7) is 4.27. The van der Waals surface area contributed by atoms with Gasteiger partial charge in [0.05, 0.1) is 5.52 Å². The van der Waals surface area contributed by atoms with Gasteiger partial charge in [-0.15, -0.1) is 0 Å². The van der Waals surface area contributed by atoms with Crippen molar-refractivity contribution in [1.29, 1.82) is 0 Å². The number of benzene rings is 2. The van der Waals surface area contributed by atoms with Gasteiger partial charge in [-0.2, -0.15) is 0 Å². The quantitative estimate of drug-likeness (QED) is 0.452. The summed E-state index contributed by atoms with van der Waals surface area (Å²) < 4.78 is 6.60. The molecule has 3 N–H and O–H groups in total. The molecule has 0 aliphatic rings. The lowest BCUT2D eigenvalue weighted by molar-refractivity contribution is -0.121. The van der Waals surface area contributed by atoms with Gasteiger partial charge in [0, 0.05) is 18.7 Å². The highest BCUT2D eigenvalue weighted by Gasteiger charge is 2.11. The number of nitrogens with one attached hydrogen (secondary N) is 3. The lowest BCUT2D eigenvalue weighted by Crippen LogP contribution is -2.44. The summed E-state index contributed by atoms with van der Waals surface area (Å²) in [4.78, 5) is 24.1. The Bertz CT molecular complexity index is 1070. The van der Waals surface area contributed by atoms with Crippen molar-refractivity contribution in [2.24, 2.45) is 0 Å². The van der Waals surface area contributed by atoms with Crippen LogP contribution >= 0.6 is 12.2 Å². The molecule has 0 radical (unpaired) electrons. The van der Waals surface area contributed by atoms with Crippen molar-refractivity contribution in [3.63, 3.8) is 0 Å². The maximum atomic E-state index is 12.1. The van der Waals surface area contributed by atoms with Crippen molar-refractivity contribution in [2.45, 2.75) is 33.2 Å². The van der Waals surface area contributed by atoms with Crippen molar-refractivity contribution in [3.05, 3.63) is 64.1 Å². The van der Waals surface area contributed by atoms with Gasteiger partial charge in [-0.25, -0.2) is 4.79 Å². The van der Waals surface area contributed by atoms with Gasteiger partial charge in [-0.1, -0.05) is 37.3 Å². The molecule has 3 rings (SSSR count). The molecule has 1 amide bonds. The highest BCUT2D eigenvalue weighted by atomic mass is 32.1. The van der Waals surface area contributed by atoms with Gasteiger partial charge in [0.15, 0.2) is 10.7 Å². The van der Waals surface area contributed by atoms with E-state index in [4.69, 9.17) is 16.6 Å². The van der Waals surface area contributed by atoms with Crippen LogP contribution in [0, 0.1) is 6.92 Å². The number of aryl methyl sites for hydroxylation is 3. The van der Waals surface area contributed by atoms with Crippen molar-refractivity contribution < 1.29 is 9.21 Å². The predicted molar refractivity (Wildman–Crippen MR) is 113 cm³/mol. The molecule has 1 heterocycles. The molecule has 28 heavy (non-hydrogen) atoms. The number of nitrogens with zero attached hydrogens (tertiary/aromatic N) is 1. The fraction of sp³-hybridized carbons (Fsp3) is 0.250. The van der Waals surface area contributed by atoms with Crippen LogP contribution in [0.25, 0.3) is 11.1 Å². The fourth-order valence-electron chi connectivity index (χ4n) is 2.97. The summed E-state index contributed by atoms with van der Waals surface area (Å²) in [7, 11) is 0. The van der Waals surface area contributed by atoms with Crippen LogP contribution in [-0.2, 0) is 17.8 Å². The highest BCUT2D eigenvalue weighted by molar-refractivity contribution is 7.80. The summed E-state index contributed by atoms with van der Waals surface area (Å²) in [5.41, 5.74) is 9.57. The number of fused-ring (bicyclic) bond motifs is 1. The molecule has 3 aromatic rings. The molecule has 7 nitrogen and oxygen atoms in total. The van der Waals surface area contributed by atoms with Gasteiger partial charge in [-0.3, -0.25) is 20.2 Å². The number of thiocarbonyl (C=S) groups is 1. The smallest absolute Gasteiger partial charge is 0.408 e. The van der Waals surface area contributed by atoms with Crippen LogP contribution < -0.4 is 21.9 Å². The highest BCUT2D eigenvalue weighted by Crippen LogP contribution is 2.20. The first-order valence-electron chi connectivity index (χ1n) is 9.02. The number of amides is 1. The van der Waals surface area contributed by atoms with E-state index in [1.807, 2.05) is 31.2 Å². The zero-order valence-corrected chi connectivity index (χ0v) is 16.6. The predicted octanol–water partition coefficient (Wildman–Crippen LogP) is 2.87. The van der Waals surface area contributed by atoms with Crippen molar-refractivity contribution >= 4 is 40.0 Å². The molecule has 1 aromatic heterocycles. The number of para-hydroxylation sites is 3. The zero-order valence-electron chi connectivity index (χ0n) is 15.7. The van der Waals surface area contributed by atoms with Crippen molar-refractivity contribution in [2.75, 3.05) is 5.32 Å². The van der Waals surface area contributed by atoms with Gasteiger partial charge < -0.3 is 9.73 Å². The first-order chi connectivity index (χ1) is 13.5. The van der Waals surface area contributed by atoms with E-state index in [1.54, 1.807) is 18.2 Å². The van der Waals surface area contributed by atoms with Gasteiger partial charge in [-0.05, 0) is 48.8 Å². The van der Waals surface area contributed by atoms with Gasteiger partial charge >= 0.3 is 5.76 Å². The molecule has 2 aromatic carbocycles.